The smallest absolute Gasteiger partial charge is 0.333 e. The number of hydrogen-bond donors (Lipinski definition) is 1. The quantitative estimate of drug-likeness (QED) is 0.265. The minimum Gasteiger partial charge on any atom is -0.488 e. The molecular weight excluding hydrogens is 515 g/mol. The second-order valence-corrected chi connectivity index (χ2v) is 8.24. The Balaban J connectivity index is 1.57. The fraction of sp³-hybridized carbons (Fsp3) is 0.0435. The Morgan fingerprint density at radius 3 is 2.53 bits per heavy atom. The van der Waals surface area contributed by atoms with E-state index in [9.17, 15) is 9.59 Å². The molecule has 1 saturated heterocycles. The van der Waals surface area contributed by atoms with Crippen molar-refractivity contribution in [2.24, 2.45) is 0 Å². The van der Waals surface area contributed by atoms with Crippen molar-refractivity contribution in [3.05, 3.63) is 98.2 Å². The first-order chi connectivity index (χ1) is 14.5. The Hall–Kier alpha value is -2.84. The van der Waals surface area contributed by atoms with Crippen molar-refractivity contribution in [2.45, 2.75) is 6.61 Å². The van der Waals surface area contributed by atoms with Crippen molar-refractivity contribution in [2.75, 3.05) is 4.90 Å². The van der Waals surface area contributed by atoms with Gasteiger partial charge in [-0.25, -0.2) is 9.69 Å². The maximum atomic E-state index is 12.8. The lowest BCUT2D eigenvalue weighted by atomic mass is 10.1. The van der Waals surface area contributed by atoms with Gasteiger partial charge in [0.2, 0.25) is 0 Å². The van der Waals surface area contributed by atoms with Gasteiger partial charge >= 0.3 is 6.03 Å². The average Bonchev–Trinajstić information content (AvgIpc) is 3.01. The predicted molar refractivity (Wildman–Crippen MR) is 125 cm³/mol. The minimum absolute atomic E-state index is 0.172. The molecule has 0 atom stereocenters. The highest BCUT2D eigenvalue weighted by Crippen LogP contribution is 2.27. The summed E-state index contributed by atoms with van der Waals surface area (Å²) in [4.78, 5) is 26.3. The van der Waals surface area contributed by atoms with E-state index in [1.807, 2.05) is 48.5 Å². The maximum Gasteiger partial charge on any atom is 0.333 e. The zero-order chi connectivity index (χ0) is 21.1. The highest BCUT2D eigenvalue weighted by molar-refractivity contribution is 14.1. The third-order valence-corrected chi connectivity index (χ3v) is 5.43. The van der Waals surface area contributed by atoms with Gasteiger partial charge in [-0.3, -0.25) is 4.79 Å². The molecule has 30 heavy (non-hydrogen) atoms. The Bertz CT molecular complexity index is 1150. The zero-order valence-electron chi connectivity index (χ0n) is 15.6. The first-order valence-electron chi connectivity index (χ1n) is 9.10. The third kappa shape index (κ3) is 4.49. The largest absolute Gasteiger partial charge is 0.488 e. The molecule has 0 saturated carbocycles. The van der Waals surface area contributed by atoms with E-state index in [-0.39, 0.29) is 5.70 Å². The minimum atomic E-state index is -0.522. The Kier molecular flexibility index (Phi) is 6.06. The Labute approximate surface area is 192 Å². The topological polar surface area (TPSA) is 58.6 Å². The van der Waals surface area contributed by atoms with Crippen LogP contribution in [0.15, 0.2) is 78.5 Å². The van der Waals surface area contributed by atoms with E-state index in [0.717, 1.165) is 14.0 Å². The van der Waals surface area contributed by atoms with E-state index in [1.54, 1.807) is 30.3 Å². The molecule has 0 spiro atoms. The van der Waals surface area contributed by atoms with Gasteiger partial charge in [0.15, 0.2) is 0 Å². The van der Waals surface area contributed by atoms with Gasteiger partial charge < -0.3 is 10.1 Å². The van der Waals surface area contributed by atoms with Crippen molar-refractivity contribution < 1.29 is 14.3 Å². The molecule has 5 nitrogen and oxygen atoms in total. The number of amides is 3. The fourth-order valence-corrected chi connectivity index (χ4v) is 3.56. The number of nitrogens with one attached hydrogen (secondary N) is 1. The molecule has 1 N–H and O–H groups in total. The van der Waals surface area contributed by atoms with Gasteiger partial charge in [0.1, 0.15) is 18.1 Å². The Morgan fingerprint density at radius 1 is 1.00 bits per heavy atom. The monoisotopic (exact) mass is 530 g/mol. The molecule has 1 fully saturated rings. The summed E-state index contributed by atoms with van der Waals surface area (Å²) >= 11 is 8.25. The maximum absolute atomic E-state index is 12.8. The van der Waals surface area contributed by atoms with Crippen molar-refractivity contribution in [1.29, 1.82) is 0 Å². The van der Waals surface area contributed by atoms with Gasteiger partial charge in [0.05, 0.1) is 5.69 Å². The van der Waals surface area contributed by atoms with Crippen LogP contribution in [0.5, 0.6) is 5.75 Å². The molecule has 3 aromatic rings. The van der Waals surface area contributed by atoms with Gasteiger partial charge in [-0.15, -0.1) is 0 Å². The number of anilines is 1. The molecule has 1 aliphatic rings. The van der Waals surface area contributed by atoms with E-state index in [1.165, 1.54) is 0 Å². The molecule has 0 radical (unpaired) electrons. The van der Waals surface area contributed by atoms with Crippen LogP contribution in [0, 0.1) is 3.57 Å². The van der Waals surface area contributed by atoms with Crippen LogP contribution >= 0.6 is 34.2 Å². The van der Waals surface area contributed by atoms with Crippen LogP contribution in [-0.2, 0) is 11.4 Å². The van der Waals surface area contributed by atoms with Crippen molar-refractivity contribution in [3.8, 4) is 5.75 Å². The molecular formula is C23H16ClIN2O3. The number of carbonyl (C=O) groups excluding carboxylic acids is 2. The summed E-state index contributed by atoms with van der Waals surface area (Å²) in [6.07, 6.45) is 1.62. The number of imide groups is 1. The van der Waals surface area contributed by atoms with E-state index in [4.69, 9.17) is 16.3 Å². The summed E-state index contributed by atoms with van der Waals surface area (Å²) in [5, 5.41) is 3.07. The Morgan fingerprint density at radius 2 is 1.77 bits per heavy atom. The molecule has 150 valence electrons. The summed E-state index contributed by atoms with van der Waals surface area (Å²) in [7, 11) is 0. The van der Waals surface area contributed by atoms with E-state index < -0.39 is 11.9 Å². The second-order valence-electron chi connectivity index (χ2n) is 6.56. The fourth-order valence-electron chi connectivity index (χ4n) is 3.01. The van der Waals surface area contributed by atoms with Crippen LogP contribution in [0.2, 0.25) is 5.02 Å². The summed E-state index contributed by atoms with van der Waals surface area (Å²) < 4.78 is 7.11. The highest BCUT2D eigenvalue weighted by atomic mass is 127. The lowest BCUT2D eigenvalue weighted by Gasteiger charge is -2.12. The highest BCUT2D eigenvalue weighted by Gasteiger charge is 2.35. The number of nitrogens with zero attached hydrogens (tertiary/aromatic N) is 1. The normalized spacial score (nSPS) is 14.9. The number of halogens is 2. The number of rotatable bonds is 5. The van der Waals surface area contributed by atoms with Crippen molar-refractivity contribution >= 4 is 57.9 Å². The molecule has 3 aromatic carbocycles. The molecule has 3 amide bonds. The SMILES string of the molecule is O=C1N/C(=C/c2ccccc2OCc2ccc(I)cc2)C(=O)N1c1cccc(Cl)c1. The van der Waals surface area contributed by atoms with E-state index in [0.29, 0.717) is 28.6 Å². The van der Waals surface area contributed by atoms with E-state index >= 15 is 0 Å². The molecule has 0 unspecified atom stereocenters. The van der Waals surface area contributed by atoms with Gasteiger partial charge in [0, 0.05) is 14.2 Å². The van der Waals surface area contributed by atoms with Gasteiger partial charge in [-0.1, -0.05) is 48.0 Å². The molecule has 1 aliphatic heterocycles. The van der Waals surface area contributed by atoms with Crippen LogP contribution in [-0.4, -0.2) is 11.9 Å². The first-order valence-corrected chi connectivity index (χ1v) is 10.6. The summed E-state index contributed by atoms with van der Waals surface area (Å²) in [5.74, 6) is 0.168. The number of ether oxygens (including phenoxy) is 1. The lowest BCUT2D eigenvalue weighted by Crippen LogP contribution is -2.30. The standard InChI is InChI=1S/C23H16ClIN2O3/c24-17-5-3-6-19(13-17)27-22(28)20(26-23(27)29)12-16-4-1-2-7-21(16)30-14-15-8-10-18(25)11-9-15/h1-13H,14H2,(H,26,29)/b20-12+. The molecule has 1 heterocycles. The predicted octanol–water partition coefficient (Wildman–Crippen LogP) is 5.62. The van der Waals surface area contributed by atoms with Crippen molar-refractivity contribution in [3.63, 3.8) is 0 Å². The van der Waals surface area contributed by atoms with Crippen LogP contribution in [0.25, 0.3) is 6.08 Å². The number of carbonyl (C=O) groups is 2. The number of hydrogen-bond acceptors (Lipinski definition) is 3. The molecule has 0 aromatic heterocycles. The first kappa shape index (κ1) is 20.4. The van der Waals surface area contributed by atoms with Crippen LogP contribution < -0.4 is 15.0 Å². The zero-order valence-corrected chi connectivity index (χ0v) is 18.6. The van der Waals surface area contributed by atoms with Crippen LogP contribution in [0.3, 0.4) is 0 Å². The number of para-hydroxylation sites is 1. The van der Waals surface area contributed by atoms with E-state index in [2.05, 4.69) is 27.9 Å². The molecule has 0 aliphatic carbocycles. The van der Waals surface area contributed by atoms with Crippen LogP contribution in [0.4, 0.5) is 10.5 Å². The van der Waals surface area contributed by atoms with Gasteiger partial charge in [0.25, 0.3) is 5.91 Å². The third-order valence-electron chi connectivity index (χ3n) is 4.47. The molecule has 0 bridgehead atoms. The number of benzene rings is 3. The molecule has 4 rings (SSSR count). The average molecular weight is 531 g/mol. The van der Waals surface area contributed by atoms with Gasteiger partial charge in [-0.2, -0.15) is 0 Å². The van der Waals surface area contributed by atoms with Gasteiger partial charge in [-0.05, 0) is 70.6 Å². The van der Waals surface area contributed by atoms with Crippen LogP contribution in [0.1, 0.15) is 11.1 Å². The summed E-state index contributed by atoms with van der Waals surface area (Å²) in [6, 6.07) is 21.5. The van der Waals surface area contributed by atoms with Crippen molar-refractivity contribution in [1.82, 2.24) is 5.32 Å². The summed E-state index contributed by atoms with van der Waals surface area (Å²) in [5.41, 5.74) is 2.32. The lowest BCUT2D eigenvalue weighted by molar-refractivity contribution is -0.113. The summed E-state index contributed by atoms with van der Waals surface area (Å²) in [6.45, 7) is 0.395. The molecule has 7 heteroatoms. The number of urea groups is 1. The second kappa shape index (κ2) is 8.89.